The number of nitrogens with one attached hydrogen (secondary N) is 1. The number of carbonyl (C=O) groups excluding carboxylic acids is 2. The summed E-state index contributed by atoms with van der Waals surface area (Å²) in [4.78, 5) is 27.4. The molecule has 0 radical (unpaired) electrons. The molecule has 150 valence electrons. The summed E-state index contributed by atoms with van der Waals surface area (Å²) in [6, 6.07) is 12.4. The van der Waals surface area contributed by atoms with Crippen molar-refractivity contribution in [1.82, 2.24) is 10.2 Å². The van der Waals surface area contributed by atoms with Crippen LogP contribution in [0.15, 0.2) is 46.9 Å². The van der Waals surface area contributed by atoms with Crippen LogP contribution in [0.2, 0.25) is 0 Å². The van der Waals surface area contributed by atoms with Gasteiger partial charge in [0.25, 0.3) is 11.8 Å². The zero-order valence-electron chi connectivity index (χ0n) is 16.4. The summed E-state index contributed by atoms with van der Waals surface area (Å²) < 4.78 is 6.04. The van der Waals surface area contributed by atoms with Gasteiger partial charge in [-0.2, -0.15) is 0 Å². The molecule has 2 amide bonds. The van der Waals surface area contributed by atoms with E-state index in [-0.39, 0.29) is 23.1 Å². The van der Waals surface area contributed by atoms with Gasteiger partial charge < -0.3 is 19.7 Å². The van der Waals surface area contributed by atoms with E-state index < -0.39 is 0 Å². The quantitative estimate of drug-likeness (QED) is 0.698. The highest BCUT2D eigenvalue weighted by Crippen LogP contribution is 2.37. The Morgan fingerprint density at radius 1 is 1.10 bits per heavy atom. The third-order valence-corrected chi connectivity index (χ3v) is 5.28. The fourth-order valence-electron chi connectivity index (χ4n) is 3.84. The molecule has 0 spiro atoms. The molecule has 0 bridgehead atoms. The summed E-state index contributed by atoms with van der Waals surface area (Å²) in [7, 11) is 0. The molecule has 1 saturated heterocycles. The van der Waals surface area contributed by atoms with E-state index in [0.29, 0.717) is 41.9 Å². The standard InChI is InChI=1S/C23H24N2O4/c1-2-24-22(27)20-17-13-18(26)16(23(28)25-11-7-4-8-12-25)14-19(17)29-21(20)15-9-5-3-6-10-15/h3,5-6,9-10,13-14,26H,2,4,7-8,11-12H2,1H3,(H,24,27). The summed E-state index contributed by atoms with van der Waals surface area (Å²) in [6.07, 6.45) is 3.05. The predicted octanol–water partition coefficient (Wildman–Crippen LogP) is 4.18. The Kier molecular flexibility index (Phi) is 5.25. The molecule has 1 aliphatic heterocycles. The molecule has 0 aliphatic carbocycles. The summed E-state index contributed by atoms with van der Waals surface area (Å²) in [5, 5.41) is 13.9. The maximum Gasteiger partial charge on any atom is 0.257 e. The molecule has 2 heterocycles. The van der Waals surface area contributed by atoms with Crippen LogP contribution in [0.5, 0.6) is 5.75 Å². The van der Waals surface area contributed by atoms with Gasteiger partial charge in [0.1, 0.15) is 17.1 Å². The van der Waals surface area contributed by atoms with Crippen molar-refractivity contribution in [2.24, 2.45) is 0 Å². The molecule has 2 aromatic carbocycles. The molecule has 2 N–H and O–H groups in total. The number of likely N-dealkylation sites (tertiary alicyclic amines) is 1. The van der Waals surface area contributed by atoms with Gasteiger partial charge in [0.15, 0.2) is 0 Å². The highest BCUT2D eigenvalue weighted by Gasteiger charge is 2.26. The van der Waals surface area contributed by atoms with Crippen LogP contribution in [0.4, 0.5) is 0 Å². The predicted molar refractivity (Wildman–Crippen MR) is 111 cm³/mol. The lowest BCUT2D eigenvalue weighted by atomic mass is 10.0. The zero-order valence-corrected chi connectivity index (χ0v) is 16.4. The van der Waals surface area contributed by atoms with Gasteiger partial charge in [-0.15, -0.1) is 0 Å². The average molecular weight is 392 g/mol. The summed E-state index contributed by atoms with van der Waals surface area (Å²) in [6.45, 7) is 3.69. The molecule has 6 nitrogen and oxygen atoms in total. The van der Waals surface area contributed by atoms with Crippen molar-refractivity contribution < 1.29 is 19.1 Å². The van der Waals surface area contributed by atoms with E-state index in [1.807, 2.05) is 37.3 Å². The van der Waals surface area contributed by atoms with Crippen molar-refractivity contribution >= 4 is 22.8 Å². The van der Waals surface area contributed by atoms with E-state index in [0.717, 1.165) is 24.8 Å². The second-order valence-corrected chi connectivity index (χ2v) is 7.25. The third-order valence-electron chi connectivity index (χ3n) is 5.28. The normalized spacial score (nSPS) is 14.2. The average Bonchev–Trinajstić information content (AvgIpc) is 3.12. The van der Waals surface area contributed by atoms with E-state index in [1.165, 1.54) is 6.07 Å². The van der Waals surface area contributed by atoms with E-state index in [9.17, 15) is 14.7 Å². The highest BCUT2D eigenvalue weighted by atomic mass is 16.3. The Morgan fingerprint density at radius 2 is 1.83 bits per heavy atom. The van der Waals surface area contributed by atoms with E-state index in [2.05, 4.69) is 5.32 Å². The van der Waals surface area contributed by atoms with Gasteiger partial charge in [-0.3, -0.25) is 9.59 Å². The molecule has 4 rings (SSSR count). The van der Waals surface area contributed by atoms with E-state index in [4.69, 9.17) is 4.42 Å². The smallest absolute Gasteiger partial charge is 0.257 e. The Balaban J connectivity index is 1.85. The van der Waals surface area contributed by atoms with Gasteiger partial charge >= 0.3 is 0 Å². The lowest BCUT2D eigenvalue weighted by molar-refractivity contribution is 0.0721. The fourth-order valence-corrected chi connectivity index (χ4v) is 3.84. The molecule has 29 heavy (non-hydrogen) atoms. The topological polar surface area (TPSA) is 82.8 Å². The largest absolute Gasteiger partial charge is 0.507 e. The first kappa shape index (κ1) is 19.1. The monoisotopic (exact) mass is 392 g/mol. The van der Waals surface area contributed by atoms with Crippen molar-refractivity contribution in [3.63, 3.8) is 0 Å². The van der Waals surface area contributed by atoms with Gasteiger partial charge in [-0.05, 0) is 38.3 Å². The van der Waals surface area contributed by atoms with E-state index in [1.54, 1.807) is 11.0 Å². The van der Waals surface area contributed by atoms with Crippen molar-refractivity contribution in [3.05, 3.63) is 53.6 Å². The Labute approximate surface area is 169 Å². The number of phenols is 1. The molecule has 1 aliphatic rings. The van der Waals surface area contributed by atoms with Crippen LogP contribution in [0.25, 0.3) is 22.3 Å². The van der Waals surface area contributed by atoms with Crippen LogP contribution >= 0.6 is 0 Å². The van der Waals surface area contributed by atoms with Gasteiger partial charge in [0.05, 0.1) is 11.1 Å². The van der Waals surface area contributed by atoms with Gasteiger partial charge in [0, 0.05) is 30.6 Å². The first-order valence-electron chi connectivity index (χ1n) is 10.0. The maximum absolute atomic E-state index is 12.9. The second kappa shape index (κ2) is 7.99. The molecule has 1 fully saturated rings. The summed E-state index contributed by atoms with van der Waals surface area (Å²) >= 11 is 0. The van der Waals surface area contributed by atoms with Crippen molar-refractivity contribution in [3.8, 4) is 17.1 Å². The number of nitrogens with zero attached hydrogens (tertiary/aromatic N) is 1. The maximum atomic E-state index is 12.9. The van der Waals surface area contributed by atoms with Gasteiger partial charge in [-0.1, -0.05) is 30.3 Å². The Hall–Kier alpha value is -3.28. The minimum atomic E-state index is -0.278. The lowest BCUT2D eigenvalue weighted by Gasteiger charge is -2.26. The number of hydrogen-bond acceptors (Lipinski definition) is 4. The van der Waals surface area contributed by atoms with Crippen LogP contribution in [-0.4, -0.2) is 41.5 Å². The molecule has 0 atom stereocenters. The number of fused-ring (bicyclic) bond motifs is 1. The molecule has 1 aromatic heterocycles. The number of amides is 2. The highest BCUT2D eigenvalue weighted by molar-refractivity contribution is 6.13. The number of rotatable bonds is 4. The van der Waals surface area contributed by atoms with Crippen LogP contribution in [0.1, 0.15) is 46.9 Å². The lowest BCUT2D eigenvalue weighted by Crippen LogP contribution is -2.35. The Morgan fingerprint density at radius 3 is 2.52 bits per heavy atom. The van der Waals surface area contributed by atoms with Crippen LogP contribution in [0, 0.1) is 0 Å². The number of furan rings is 1. The number of benzene rings is 2. The minimum Gasteiger partial charge on any atom is -0.507 e. The zero-order chi connectivity index (χ0) is 20.4. The molecular weight excluding hydrogens is 368 g/mol. The second-order valence-electron chi connectivity index (χ2n) is 7.25. The SMILES string of the molecule is CCNC(=O)c1c(-c2ccccc2)oc2cc(C(=O)N3CCCCC3)c(O)cc12. The minimum absolute atomic E-state index is 0.140. The molecule has 6 heteroatoms. The number of hydrogen-bond donors (Lipinski definition) is 2. The molecular formula is C23H24N2O4. The number of piperidine rings is 1. The number of phenolic OH excluding ortho intramolecular Hbond substituents is 1. The fraction of sp³-hybridized carbons (Fsp3) is 0.304. The number of aromatic hydroxyl groups is 1. The van der Waals surface area contributed by atoms with Crippen molar-refractivity contribution in [2.75, 3.05) is 19.6 Å². The van der Waals surface area contributed by atoms with Crippen molar-refractivity contribution in [2.45, 2.75) is 26.2 Å². The van der Waals surface area contributed by atoms with Crippen molar-refractivity contribution in [1.29, 1.82) is 0 Å². The van der Waals surface area contributed by atoms with Gasteiger partial charge in [-0.25, -0.2) is 0 Å². The molecule has 3 aromatic rings. The van der Waals surface area contributed by atoms with Crippen LogP contribution < -0.4 is 5.32 Å². The number of carbonyl (C=O) groups is 2. The molecule has 0 saturated carbocycles. The van der Waals surface area contributed by atoms with Crippen LogP contribution in [-0.2, 0) is 0 Å². The first-order chi connectivity index (χ1) is 14.1. The summed E-state index contributed by atoms with van der Waals surface area (Å²) in [5.41, 5.74) is 1.73. The summed E-state index contributed by atoms with van der Waals surface area (Å²) in [5.74, 6) is -0.200. The van der Waals surface area contributed by atoms with Crippen LogP contribution in [0.3, 0.4) is 0 Å². The first-order valence-corrected chi connectivity index (χ1v) is 10.0. The third kappa shape index (κ3) is 3.58. The van der Waals surface area contributed by atoms with E-state index >= 15 is 0 Å². The van der Waals surface area contributed by atoms with Gasteiger partial charge in [0.2, 0.25) is 0 Å². The molecule has 0 unspecified atom stereocenters. The Bertz CT molecular complexity index is 1050.